The van der Waals surface area contributed by atoms with Crippen LogP contribution in [0.2, 0.25) is 0 Å². The third-order valence-corrected chi connectivity index (χ3v) is 3.82. The van der Waals surface area contributed by atoms with Gasteiger partial charge in [-0.15, -0.1) is 0 Å². The van der Waals surface area contributed by atoms with Gasteiger partial charge in [0, 0.05) is 0 Å². The van der Waals surface area contributed by atoms with Gasteiger partial charge in [0.1, 0.15) is 0 Å². The van der Waals surface area contributed by atoms with Crippen molar-refractivity contribution in [3.8, 4) is 0 Å². The monoisotopic (exact) mass is 336 g/mol. The molecule has 0 spiro atoms. The van der Waals surface area contributed by atoms with E-state index in [1.807, 2.05) is 51.1 Å². The standard InChI is InChI=1S/C19H28O5/c1-19(2,3)24-13-15(10-9-14-7-5-4-6-8-14)11-16(18(22)23)12-17(20)21/h4-8,15-16H,9-13H2,1-3H3,(H,20,21)(H,22,23)/t15-,16?/m0/s1. The van der Waals surface area contributed by atoms with Crippen LogP contribution in [0.1, 0.15) is 45.6 Å². The van der Waals surface area contributed by atoms with Gasteiger partial charge in [-0.1, -0.05) is 30.3 Å². The minimum absolute atomic E-state index is 0.00452. The van der Waals surface area contributed by atoms with Crippen molar-refractivity contribution in [3.63, 3.8) is 0 Å². The summed E-state index contributed by atoms with van der Waals surface area (Å²) in [6.07, 6.45) is 1.54. The van der Waals surface area contributed by atoms with Crippen LogP contribution in [0.25, 0.3) is 0 Å². The fourth-order valence-electron chi connectivity index (χ4n) is 2.54. The van der Waals surface area contributed by atoms with E-state index in [1.165, 1.54) is 5.56 Å². The van der Waals surface area contributed by atoms with E-state index in [0.29, 0.717) is 13.0 Å². The smallest absolute Gasteiger partial charge is 0.307 e. The van der Waals surface area contributed by atoms with Gasteiger partial charge in [0.15, 0.2) is 0 Å². The summed E-state index contributed by atoms with van der Waals surface area (Å²) in [5, 5.41) is 18.2. The molecule has 2 atom stereocenters. The molecule has 2 N–H and O–H groups in total. The van der Waals surface area contributed by atoms with E-state index < -0.39 is 17.9 Å². The highest BCUT2D eigenvalue weighted by Gasteiger charge is 2.26. The summed E-state index contributed by atoms with van der Waals surface area (Å²) in [4.78, 5) is 22.2. The quantitative estimate of drug-likeness (QED) is 0.682. The molecule has 0 radical (unpaired) electrons. The van der Waals surface area contributed by atoms with Crippen LogP contribution in [0.15, 0.2) is 30.3 Å². The zero-order valence-corrected chi connectivity index (χ0v) is 14.7. The number of aryl methyl sites for hydroxylation is 1. The molecule has 0 aliphatic carbocycles. The maximum Gasteiger partial charge on any atom is 0.307 e. The predicted molar refractivity (Wildman–Crippen MR) is 92.0 cm³/mol. The molecular weight excluding hydrogens is 308 g/mol. The lowest BCUT2D eigenvalue weighted by Crippen LogP contribution is -2.27. The number of carboxylic acid groups (broad SMARTS) is 2. The zero-order valence-electron chi connectivity index (χ0n) is 14.7. The maximum absolute atomic E-state index is 11.3. The first-order chi connectivity index (χ1) is 11.2. The van der Waals surface area contributed by atoms with Gasteiger partial charge in [-0.3, -0.25) is 9.59 Å². The second kappa shape index (κ2) is 9.42. The molecule has 0 aliphatic rings. The molecule has 0 aromatic heterocycles. The average Bonchev–Trinajstić information content (AvgIpc) is 2.48. The van der Waals surface area contributed by atoms with Crippen LogP contribution in [0.3, 0.4) is 0 Å². The Hall–Kier alpha value is -1.88. The number of carboxylic acids is 2. The molecule has 5 heteroatoms. The molecule has 0 saturated carbocycles. The van der Waals surface area contributed by atoms with E-state index in [2.05, 4.69) is 0 Å². The van der Waals surface area contributed by atoms with Gasteiger partial charge in [-0.05, 0) is 51.5 Å². The lowest BCUT2D eigenvalue weighted by atomic mass is 9.88. The van der Waals surface area contributed by atoms with Crippen LogP contribution < -0.4 is 0 Å². The summed E-state index contributed by atoms with van der Waals surface area (Å²) in [7, 11) is 0. The molecular formula is C19H28O5. The molecule has 0 saturated heterocycles. The van der Waals surface area contributed by atoms with Gasteiger partial charge in [0.2, 0.25) is 0 Å². The molecule has 0 fully saturated rings. The molecule has 0 heterocycles. The van der Waals surface area contributed by atoms with Crippen molar-refractivity contribution < 1.29 is 24.5 Å². The summed E-state index contributed by atoms with van der Waals surface area (Å²) < 4.78 is 5.83. The van der Waals surface area contributed by atoms with Crippen molar-refractivity contribution >= 4 is 11.9 Å². The summed E-state index contributed by atoms with van der Waals surface area (Å²) in [6, 6.07) is 9.97. The second-order valence-corrected chi connectivity index (χ2v) is 7.18. The van der Waals surface area contributed by atoms with Gasteiger partial charge in [0.25, 0.3) is 0 Å². The third kappa shape index (κ3) is 8.67. The third-order valence-electron chi connectivity index (χ3n) is 3.82. The van der Waals surface area contributed by atoms with Crippen LogP contribution in [-0.2, 0) is 20.7 Å². The van der Waals surface area contributed by atoms with Gasteiger partial charge >= 0.3 is 11.9 Å². The molecule has 134 valence electrons. The van der Waals surface area contributed by atoms with Gasteiger partial charge in [-0.25, -0.2) is 0 Å². The molecule has 0 aliphatic heterocycles. The number of ether oxygens (including phenoxy) is 1. The predicted octanol–water partition coefficient (Wildman–Crippen LogP) is 3.62. The van der Waals surface area contributed by atoms with Crippen molar-refractivity contribution in [1.82, 2.24) is 0 Å². The summed E-state index contributed by atoms with van der Waals surface area (Å²) in [6.45, 7) is 6.29. The molecule has 1 unspecified atom stereocenters. The molecule has 1 aromatic carbocycles. The normalized spacial score (nSPS) is 14.1. The number of benzene rings is 1. The highest BCUT2D eigenvalue weighted by molar-refractivity contribution is 5.77. The number of rotatable bonds is 10. The Kier molecular flexibility index (Phi) is 7.92. The Balaban J connectivity index is 2.71. The van der Waals surface area contributed by atoms with E-state index in [9.17, 15) is 14.7 Å². The van der Waals surface area contributed by atoms with Crippen molar-refractivity contribution in [2.24, 2.45) is 11.8 Å². The largest absolute Gasteiger partial charge is 0.481 e. The molecule has 5 nitrogen and oxygen atoms in total. The highest BCUT2D eigenvalue weighted by Crippen LogP contribution is 2.23. The van der Waals surface area contributed by atoms with Crippen molar-refractivity contribution in [2.75, 3.05) is 6.61 Å². The lowest BCUT2D eigenvalue weighted by molar-refractivity contribution is -0.149. The van der Waals surface area contributed by atoms with Crippen LogP contribution >= 0.6 is 0 Å². The Labute approximate surface area is 143 Å². The average molecular weight is 336 g/mol. The van der Waals surface area contributed by atoms with E-state index in [-0.39, 0.29) is 17.9 Å². The van der Waals surface area contributed by atoms with Gasteiger partial charge in [0.05, 0.1) is 24.5 Å². The van der Waals surface area contributed by atoms with Crippen molar-refractivity contribution in [2.45, 2.75) is 52.1 Å². The van der Waals surface area contributed by atoms with Crippen LogP contribution in [0.5, 0.6) is 0 Å². The Bertz CT molecular complexity index is 518. The molecule has 24 heavy (non-hydrogen) atoms. The summed E-state index contributed by atoms with van der Waals surface area (Å²) >= 11 is 0. The first-order valence-corrected chi connectivity index (χ1v) is 8.30. The zero-order chi connectivity index (χ0) is 18.2. The first kappa shape index (κ1) is 20.2. The molecule has 1 aromatic rings. The maximum atomic E-state index is 11.3. The van der Waals surface area contributed by atoms with Crippen LogP contribution in [0.4, 0.5) is 0 Å². The minimum Gasteiger partial charge on any atom is -0.481 e. The fourth-order valence-corrected chi connectivity index (χ4v) is 2.54. The Morgan fingerprint density at radius 1 is 1.12 bits per heavy atom. The van der Waals surface area contributed by atoms with Crippen molar-refractivity contribution in [1.29, 1.82) is 0 Å². The van der Waals surface area contributed by atoms with Crippen LogP contribution in [0, 0.1) is 11.8 Å². The lowest BCUT2D eigenvalue weighted by Gasteiger charge is -2.26. The minimum atomic E-state index is -1.08. The molecule has 0 bridgehead atoms. The summed E-state index contributed by atoms with van der Waals surface area (Å²) in [5.74, 6) is -3.02. The molecule has 1 rings (SSSR count). The van der Waals surface area contributed by atoms with E-state index in [0.717, 1.165) is 12.8 Å². The number of hydrogen-bond donors (Lipinski definition) is 2. The number of aliphatic carboxylic acids is 2. The fraction of sp³-hybridized carbons (Fsp3) is 0.579. The number of carbonyl (C=O) groups is 2. The highest BCUT2D eigenvalue weighted by atomic mass is 16.5. The SMILES string of the molecule is CC(C)(C)OC[C@@H](CCc1ccccc1)CC(CC(=O)O)C(=O)O. The second-order valence-electron chi connectivity index (χ2n) is 7.18. The molecule has 0 amide bonds. The summed E-state index contributed by atoms with van der Waals surface area (Å²) in [5.41, 5.74) is 0.875. The van der Waals surface area contributed by atoms with E-state index in [4.69, 9.17) is 9.84 Å². The van der Waals surface area contributed by atoms with E-state index >= 15 is 0 Å². The van der Waals surface area contributed by atoms with Crippen LogP contribution in [-0.4, -0.2) is 34.4 Å². The first-order valence-electron chi connectivity index (χ1n) is 8.30. The Morgan fingerprint density at radius 2 is 1.75 bits per heavy atom. The topological polar surface area (TPSA) is 83.8 Å². The van der Waals surface area contributed by atoms with Crippen molar-refractivity contribution in [3.05, 3.63) is 35.9 Å². The van der Waals surface area contributed by atoms with E-state index in [1.54, 1.807) is 0 Å². The van der Waals surface area contributed by atoms with Gasteiger partial charge < -0.3 is 14.9 Å². The number of hydrogen-bond acceptors (Lipinski definition) is 3. The Morgan fingerprint density at radius 3 is 2.25 bits per heavy atom. The van der Waals surface area contributed by atoms with Gasteiger partial charge in [-0.2, -0.15) is 0 Å².